The van der Waals surface area contributed by atoms with E-state index in [1.807, 2.05) is 30.3 Å². The maximum Gasteiger partial charge on any atom is 0.137 e. The number of hydrogen-bond donors (Lipinski definition) is 0. The van der Waals surface area contributed by atoms with Gasteiger partial charge in [0.15, 0.2) is 0 Å². The Kier molecular flexibility index (Phi) is 3.88. The lowest BCUT2D eigenvalue weighted by molar-refractivity contribution is -0.118. The largest absolute Gasteiger partial charge is 0.299 e. The molecule has 1 atom stereocenters. The van der Waals surface area contributed by atoms with Crippen molar-refractivity contribution in [2.75, 3.05) is 0 Å². The van der Waals surface area contributed by atoms with Crippen molar-refractivity contribution in [1.29, 1.82) is 0 Å². The SMILES string of the molecule is CC(=O)C(Cc1ccccc1F)c1ccccc1. The Hall–Kier alpha value is -1.96. The summed E-state index contributed by atoms with van der Waals surface area (Å²) in [5, 5.41) is 0. The van der Waals surface area contributed by atoms with E-state index in [0.29, 0.717) is 12.0 Å². The highest BCUT2D eigenvalue weighted by Crippen LogP contribution is 2.23. The third-order valence-corrected chi connectivity index (χ3v) is 3.07. The lowest BCUT2D eigenvalue weighted by Crippen LogP contribution is -2.12. The number of Topliss-reactive ketones (excluding diaryl/α,β-unsaturated/α-hetero) is 1. The van der Waals surface area contributed by atoms with E-state index < -0.39 is 0 Å². The van der Waals surface area contributed by atoms with Crippen LogP contribution in [0.3, 0.4) is 0 Å². The standard InChI is InChI=1S/C16H15FO/c1-12(18)15(13-7-3-2-4-8-13)11-14-9-5-6-10-16(14)17/h2-10,15H,11H2,1H3. The molecule has 0 heterocycles. The lowest BCUT2D eigenvalue weighted by Gasteiger charge is -2.14. The second-order valence-electron chi connectivity index (χ2n) is 4.37. The molecule has 2 aromatic carbocycles. The zero-order chi connectivity index (χ0) is 13.0. The third-order valence-electron chi connectivity index (χ3n) is 3.07. The molecule has 2 rings (SSSR count). The minimum atomic E-state index is -0.275. The van der Waals surface area contributed by atoms with Gasteiger partial charge in [0, 0.05) is 5.92 Å². The zero-order valence-corrected chi connectivity index (χ0v) is 10.3. The predicted molar refractivity (Wildman–Crippen MR) is 70.0 cm³/mol. The Bertz CT molecular complexity index is 534. The fourth-order valence-electron chi connectivity index (χ4n) is 2.07. The van der Waals surface area contributed by atoms with Gasteiger partial charge in [0.25, 0.3) is 0 Å². The molecule has 1 nitrogen and oxygen atoms in total. The maximum absolute atomic E-state index is 13.6. The van der Waals surface area contributed by atoms with Gasteiger partial charge in [-0.15, -0.1) is 0 Å². The number of carbonyl (C=O) groups excluding carboxylic acids is 1. The molecule has 0 aliphatic heterocycles. The van der Waals surface area contributed by atoms with Crippen molar-refractivity contribution >= 4 is 5.78 Å². The van der Waals surface area contributed by atoms with Crippen molar-refractivity contribution in [3.63, 3.8) is 0 Å². The van der Waals surface area contributed by atoms with Gasteiger partial charge in [0.05, 0.1) is 0 Å². The highest BCUT2D eigenvalue weighted by Gasteiger charge is 2.18. The maximum atomic E-state index is 13.6. The minimum absolute atomic E-state index is 0.0597. The fourth-order valence-corrected chi connectivity index (χ4v) is 2.07. The third kappa shape index (κ3) is 2.83. The van der Waals surface area contributed by atoms with Crippen LogP contribution in [0, 0.1) is 5.82 Å². The van der Waals surface area contributed by atoms with Crippen LogP contribution in [0.2, 0.25) is 0 Å². The number of ketones is 1. The van der Waals surface area contributed by atoms with Gasteiger partial charge in [0.1, 0.15) is 11.6 Å². The molecule has 0 spiro atoms. The Labute approximate surface area is 106 Å². The minimum Gasteiger partial charge on any atom is -0.299 e. The molecule has 2 heteroatoms. The Balaban J connectivity index is 2.28. The van der Waals surface area contributed by atoms with E-state index in [1.54, 1.807) is 25.1 Å². The summed E-state index contributed by atoms with van der Waals surface area (Å²) < 4.78 is 13.6. The van der Waals surface area contributed by atoms with Crippen LogP contribution in [0.1, 0.15) is 24.0 Å². The number of carbonyl (C=O) groups is 1. The van der Waals surface area contributed by atoms with E-state index in [1.165, 1.54) is 6.07 Å². The summed E-state index contributed by atoms with van der Waals surface area (Å²) in [6.45, 7) is 1.55. The van der Waals surface area contributed by atoms with Crippen LogP contribution in [-0.2, 0) is 11.2 Å². The molecule has 0 N–H and O–H groups in total. The van der Waals surface area contributed by atoms with Gasteiger partial charge >= 0.3 is 0 Å². The first-order valence-corrected chi connectivity index (χ1v) is 5.97. The van der Waals surface area contributed by atoms with Crippen LogP contribution in [0.5, 0.6) is 0 Å². The van der Waals surface area contributed by atoms with Crippen LogP contribution in [0.15, 0.2) is 54.6 Å². The average molecular weight is 242 g/mol. The summed E-state index contributed by atoms with van der Waals surface area (Å²) in [5.41, 5.74) is 1.52. The van der Waals surface area contributed by atoms with Gasteiger partial charge in [-0.1, -0.05) is 48.5 Å². The van der Waals surface area contributed by atoms with E-state index in [2.05, 4.69) is 0 Å². The summed E-state index contributed by atoms with van der Waals surface area (Å²) in [7, 11) is 0. The lowest BCUT2D eigenvalue weighted by atomic mass is 9.89. The summed E-state index contributed by atoms with van der Waals surface area (Å²) in [6.07, 6.45) is 0.409. The summed E-state index contributed by atoms with van der Waals surface area (Å²) in [5.74, 6) is -0.466. The highest BCUT2D eigenvalue weighted by atomic mass is 19.1. The Morgan fingerprint density at radius 1 is 1.06 bits per heavy atom. The Morgan fingerprint density at radius 2 is 1.67 bits per heavy atom. The van der Waals surface area contributed by atoms with Crippen molar-refractivity contribution in [2.24, 2.45) is 0 Å². The summed E-state index contributed by atoms with van der Waals surface area (Å²) >= 11 is 0. The van der Waals surface area contributed by atoms with Gasteiger partial charge in [-0.3, -0.25) is 4.79 Å². The second kappa shape index (κ2) is 5.58. The van der Waals surface area contributed by atoms with Crippen molar-refractivity contribution in [1.82, 2.24) is 0 Å². The zero-order valence-electron chi connectivity index (χ0n) is 10.3. The van der Waals surface area contributed by atoms with Crippen LogP contribution < -0.4 is 0 Å². The molecule has 92 valence electrons. The molecule has 2 aromatic rings. The Morgan fingerprint density at radius 3 is 2.28 bits per heavy atom. The second-order valence-corrected chi connectivity index (χ2v) is 4.37. The average Bonchev–Trinajstić information content (AvgIpc) is 2.38. The van der Waals surface area contributed by atoms with Crippen LogP contribution in [0.4, 0.5) is 4.39 Å². The van der Waals surface area contributed by atoms with E-state index in [-0.39, 0.29) is 17.5 Å². The number of hydrogen-bond acceptors (Lipinski definition) is 1. The quantitative estimate of drug-likeness (QED) is 0.798. The van der Waals surface area contributed by atoms with E-state index in [9.17, 15) is 9.18 Å². The number of rotatable bonds is 4. The van der Waals surface area contributed by atoms with Crippen molar-refractivity contribution in [3.8, 4) is 0 Å². The molecule has 0 aromatic heterocycles. The van der Waals surface area contributed by atoms with E-state index in [4.69, 9.17) is 0 Å². The van der Waals surface area contributed by atoms with Gasteiger partial charge in [-0.2, -0.15) is 0 Å². The van der Waals surface area contributed by atoms with Crippen molar-refractivity contribution in [3.05, 3.63) is 71.5 Å². The summed E-state index contributed by atoms with van der Waals surface area (Å²) in [4.78, 5) is 11.7. The van der Waals surface area contributed by atoms with Gasteiger partial charge in [0.2, 0.25) is 0 Å². The first-order chi connectivity index (χ1) is 8.68. The normalized spacial score (nSPS) is 12.1. The van der Waals surface area contributed by atoms with Crippen LogP contribution in [-0.4, -0.2) is 5.78 Å². The molecule has 0 bridgehead atoms. The molecular weight excluding hydrogens is 227 g/mol. The number of benzene rings is 2. The molecule has 0 aliphatic rings. The van der Waals surface area contributed by atoms with Gasteiger partial charge in [-0.05, 0) is 30.5 Å². The van der Waals surface area contributed by atoms with Crippen LogP contribution in [0.25, 0.3) is 0 Å². The van der Waals surface area contributed by atoms with Crippen molar-refractivity contribution in [2.45, 2.75) is 19.3 Å². The van der Waals surface area contributed by atoms with Crippen molar-refractivity contribution < 1.29 is 9.18 Å². The van der Waals surface area contributed by atoms with Gasteiger partial charge < -0.3 is 0 Å². The van der Waals surface area contributed by atoms with Gasteiger partial charge in [-0.25, -0.2) is 4.39 Å². The molecule has 18 heavy (non-hydrogen) atoms. The first-order valence-electron chi connectivity index (χ1n) is 5.97. The van der Waals surface area contributed by atoms with E-state index in [0.717, 1.165) is 5.56 Å². The monoisotopic (exact) mass is 242 g/mol. The fraction of sp³-hybridized carbons (Fsp3) is 0.188. The molecule has 0 saturated carbocycles. The molecule has 0 radical (unpaired) electrons. The smallest absolute Gasteiger partial charge is 0.137 e. The molecule has 0 amide bonds. The molecule has 0 fully saturated rings. The highest BCUT2D eigenvalue weighted by molar-refractivity contribution is 5.83. The molecular formula is C16H15FO. The molecule has 1 unspecified atom stereocenters. The summed E-state index contributed by atoms with van der Waals surface area (Å²) in [6, 6.07) is 16.1. The van der Waals surface area contributed by atoms with E-state index >= 15 is 0 Å². The molecule has 0 aliphatic carbocycles. The molecule has 0 saturated heterocycles. The topological polar surface area (TPSA) is 17.1 Å². The first kappa shape index (κ1) is 12.5. The van der Waals surface area contributed by atoms with Crippen LogP contribution >= 0.6 is 0 Å². The predicted octanol–water partition coefficient (Wildman–Crippen LogP) is 3.74. The number of halogens is 1.